The van der Waals surface area contributed by atoms with Gasteiger partial charge in [0.25, 0.3) is 0 Å². The fourth-order valence-corrected chi connectivity index (χ4v) is 2.74. The highest BCUT2D eigenvalue weighted by atomic mass is 19.4. The molecule has 0 spiro atoms. The molecule has 3 rings (SSSR count). The van der Waals surface area contributed by atoms with Crippen LogP contribution in [0.25, 0.3) is 11.1 Å². The minimum atomic E-state index is -4.41. The molecule has 126 valence electrons. The molecule has 0 aromatic heterocycles. The van der Waals surface area contributed by atoms with E-state index in [4.69, 9.17) is 9.84 Å². The summed E-state index contributed by atoms with van der Waals surface area (Å²) in [6.45, 7) is 0.337. The summed E-state index contributed by atoms with van der Waals surface area (Å²) in [6, 6.07) is 9.65. The Labute approximate surface area is 135 Å². The van der Waals surface area contributed by atoms with Gasteiger partial charge in [-0.25, -0.2) is 4.79 Å². The maximum Gasteiger partial charge on any atom is 0.416 e. The number of carbonyl (C=O) groups is 1. The van der Waals surface area contributed by atoms with Crippen LogP contribution in [0.4, 0.5) is 18.0 Å². The molecular formula is C17H14F3NO3. The fourth-order valence-electron chi connectivity index (χ4n) is 2.74. The topological polar surface area (TPSA) is 58.6 Å². The van der Waals surface area contributed by atoms with Crippen LogP contribution in [0.15, 0.2) is 42.5 Å². The number of benzene rings is 2. The Balaban J connectivity index is 1.96. The van der Waals surface area contributed by atoms with E-state index in [2.05, 4.69) is 5.32 Å². The largest absolute Gasteiger partial charge is 0.493 e. The van der Waals surface area contributed by atoms with E-state index in [1.165, 1.54) is 6.07 Å². The number of rotatable bonds is 2. The molecule has 1 unspecified atom stereocenters. The number of nitrogens with one attached hydrogen (secondary N) is 1. The van der Waals surface area contributed by atoms with E-state index in [1.807, 2.05) is 0 Å². The first-order chi connectivity index (χ1) is 11.3. The van der Waals surface area contributed by atoms with E-state index in [0.717, 1.165) is 12.1 Å². The Morgan fingerprint density at radius 2 is 1.92 bits per heavy atom. The Bertz CT molecular complexity index is 774. The molecule has 1 aliphatic heterocycles. The van der Waals surface area contributed by atoms with Gasteiger partial charge in [-0.2, -0.15) is 13.2 Å². The van der Waals surface area contributed by atoms with Crippen LogP contribution in [-0.2, 0) is 6.18 Å². The van der Waals surface area contributed by atoms with Crippen LogP contribution in [-0.4, -0.2) is 17.8 Å². The first kappa shape index (κ1) is 16.2. The Hall–Kier alpha value is -2.70. The zero-order chi connectivity index (χ0) is 17.3. The molecule has 0 bridgehead atoms. The molecule has 7 heteroatoms. The number of fused-ring (bicyclic) bond motifs is 1. The number of halogens is 3. The van der Waals surface area contributed by atoms with E-state index < -0.39 is 17.8 Å². The van der Waals surface area contributed by atoms with Gasteiger partial charge in [0.2, 0.25) is 0 Å². The minimum absolute atomic E-state index is 0.337. The van der Waals surface area contributed by atoms with Crippen molar-refractivity contribution in [1.29, 1.82) is 0 Å². The number of ether oxygens (including phenoxy) is 1. The van der Waals surface area contributed by atoms with Crippen molar-refractivity contribution >= 4 is 6.09 Å². The number of amides is 1. The highest BCUT2D eigenvalue weighted by molar-refractivity contribution is 5.69. The summed E-state index contributed by atoms with van der Waals surface area (Å²) in [4.78, 5) is 10.8. The monoisotopic (exact) mass is 337 g/mol. The molecule has 4 nitrogen and oxygen atoms in total. The van der Waals surface area contributed by atoms with Crippen LogP contribution in [0.5, 0.6) is 5.75 Å². The number of hydrogen-bond donors (Lipinski definition) is 2. The second kappa shape index (κ2) is 6.07. The Morgan fingerprint density at radius 1 is 1.17 bits per heavy atom. The molecule has 0 aliphatic carbocycles. The molecule has 0 radical (unpaired) electrons. The zero-order valence-electron chi connectivity index (χ0n) is 12.4. The minimum Gasteiger partial charge on any atom is -0.493 e. The average Bonchev–Trinajstić information content (AvgIpc) is 2.53. The number of carboxylic acid groups (broad SMARTS) is 1. The van der Waals surface area contributed by atoms with Gasteiger partial charge in [-0.05, 0) is 29.3 Å². The summed E-state index contributed by atoms with van der Waals surface area (Å²) >= 11 is 0. The normalized spacial score (nSPS) is 16.9. The summed E-state index contributed by atoms with van der Waals surface area (Å²) in [6.07, 6.45) is -5.03. The van der Waals surface area contributed by atoms with Gasteiger partial charge in [0, 0.05) is 12.0 Å². The number of alkyl halides is 3. The van der Waals surface area contributed by atoms with Crippen LogP contribution in [0.1, 0.15) is 23.6 Å². The van der Waals surface area contributed by atoms with Crippen molar-refractivity contribution in [3.63, 3.8) is 0 Å². The Kier molecular flexibility index (Phi) is 4.09. The van der Waals surface area contributed by atoms with Crippen molar-refractivity contribution in [2.24, 2.45) is 0 Å². The maximum atomic E-state index is 12.8. The average molecular weight is 337 g/mol. The van der Waals surface area contributed by atoms with Crippen molar-refractivity contribution < 1.29 is 27.8 Å². The van der Waals surface area contributed by atoms with E-state index in [-0.39, 0.29) is 6.04 Å². The quantitative estimate of drug-likeness (QED) is 0.850. The van der Waals surface area contributed by atoms with Gasteiger partial charge in [0.05, 0.1) is 18.2 Å². The van der Waals surface area contributed by atoms with Gasteiger partial charge in [-0.1, -0.05) is 24.3 Å². The summed E-state index contributed by atoms with van der Waals surface area (Å²) in [5.41, 5.74) is 0.962. The third-order valence-electron chi connectivity index (χ3n) is 3.87. The van der Waals surface area contributed by atoms with Gasteiger partial charge < -0.3 is 15.2 Å². The predicted molar refractivity (Wildman–Crippen MR) is 80.9 cm³/mol. The Morgan fingerprint density at radius 3 is 2.62 bits per heavy atom. The zero-order valence-corrected chi connectivity index (χ0v) is 12.4. The first-order valence-corrected chi connectivity index (χ1v) is 7.28. The lowest BCUT2D eigenvalue weighted by molar-refractivity contribution is -0.137. The van der Waals surface area contributed by atoms with E-state index in [0.29, 0.717) is 35.5 Å². The molecule has 0 fully saturated rings. The summed E-state index contributed by atoms with van der Waals surface area (Å²) in [7, 11) is 0. The standard InChI is InChI=1S/C17H14F3NO3/c18-17(19,20)12-3-1-2-10(8-12)11-4-5-13-14(21-16(22)23)6-7-24-15(13)9-11/h1-5,8-9,14,21H,6-7H2,(H,22,23). The molecule has 1 atom stereocenters. The maximum absolute atomic E-state index is 12.8. The van der Waals surface area contributed by atoms with Crippen molar-refractivity contribution in [2.75, 3.05) is 6.61 Å². The fraction of sp³-hybridized carbons (Fsp3) is 0.235. The highest BCUT2D eigenvalue weighted by Crippen LogP contribution is 2.37. The summed E-state index contributed by atoms with van der Waals surface area (Å²) in [5, 5.41) is 11.3. The molecule has 2 aromatic rings. The first-order valence-electron chi connectivity index (χ1n) is 7.28. The third kappa shape index (κ3) is 3.29. The van der Waals surface area contributed by atoms with Gasteiger partial charge in [0.1, 0.15) is 5.75 Å². The highest BCUT2D eigenvalue weighted by Gasteiger charge is 2.30. The molecule has 2 aromatic carbocycles. The molecular weight excluding hydrogens is 323 g/mol. The van der Waals surface area contributed by atoms with Crippen LogP contribution >= 0.6 is 0 Å². The molecule has 24 heavy (non-hydrogen) atoms. The summed E-state index contributed by atoms with van der Waals surface area (Å²) in [5.74, 6) is 0.481. The predicted octanol–water partition coefficient (Wildman–Crippen LogP) is 4.46. The van der Waals surface area contributed by atoms with Crippen molar-refractivity contribution in [3.05, 3.63) is 53.6 Å². The van der Waals surface area contributed by atoms with Gasteiger partial charge >= 0.3 is 12.3 Å². The van der Waals surface area contributed by atoms with Crippen molar-refractivity contribution in [1.82, 2.24) is 5.32 Å². The molecule has 0 saturated heterocycles. The van der Waals surface area contributed by atoms with Crippen LogP contribution in [0, 0.1) is 0 Å². The lowest BCUT2D eigenvalue weighted by Gasteiger charge is -2.26. The van der Waals surface area contributed by atoms with Crippen molar-refractivity contribution in [2.45, 2.75) is 18.6 Å². The van der Waals surface area contributed by atoms with E-state index in [9.17, 15) is 18.0 Å². The van der Waals surface area contributed by atoms with Crippen LogP contribution < -0.4 is 10.1 Å². The third-order valence-corrected chi connectivity index (χ3v) is 3.87. The van der Waals surface area contributed by atoms with Gasteiger partial charge in [0.15, 0.2) is 0 Å². The second-order valence-electron chi connectivity index (χ2n) is 5.47. The number of hydrogen-bond acceptors (Lipinski definition) is 2. The van der Waals surface area contributed by atoms with Crippen LogP contribution in [0.2, 0.25) is 0 Å². The van der Waals surface area contributed by atoms with Crippen LogP contribution in [0.3, 0.4) is 0 Å². The van der Waals surface area contributed by atoms with Gasteiger partial charge in [-0.15, -0.1) is 0 Å². The second-order valence-corrected chi connectivity index (χ2v) is 5.47. The van der Waals surface area contributed by atoms with Crippen molar-refractivity contribution in [3.8, 4) is 16.9 Å². The molecule has 1 amide bonds. The van der Waals surface area contributed by atoms with E-state index in [1.54, 1.807) is 24.3 Å². The molecule has 1 heterocycles. The smallest absolute Gasteiger partial charge is 0.416 e. The SMILES string of the molecule is O=C(O)NC1CCOc2cc(-c3cccc(C(F)(F)F)c3)ccc21. The van der Waals surface area contributed by atoms with Gasteiger partial charge in [-0.3, -0.25) is 0 Å². The molecule has 0 saturated carbocycles. The molecule has 1 aliphatic rings. The van der Waals surface area contributed by atoms with E-state index >= 15 is 0 Å². The molecule has 2 N–H and O–H groups in total. The lowest BCUT2D eigenvalue weighted by Crippen LogP contribution is -2.30. The summed E-state index contributed by atoms with van der Waals surface area (Å²) < 4.78 is 44.1. The lowest BCUT2D eigenvalue weighted by atomic mass is 9.96.